The van der Waals surface area contributed by atoms with Gasteiger partial charge in [0.25, 0.3) is 0 Å². The van der Waals surface area contributed by atoms with Gasteiger partial charge in [-0.05, 0) is 12.8 Å². The molecule has 0 amide bonds. The van der Waals surface area contributed by atoms with Crippen molar-refractivity contribution in [3.05, 3.63) is 23.5 Å². The van der Waals surface area contributed by atoms with Gasteiger partial charge in [-0.3, -0.25) is 0 Å². The van der Waals surface area contributed by atoms with E-state index in [4.69, 9.17) is 5.11 Å². The summed E-state index contributed by atoms with van der Waals surface area (Å²) in [5.74, 6) is -0.322. The lowest BCUT2D eigenvalue weighted by molar-refractivity contribution is 0.0688. The third-order valence-electron chi connectivity index (χ3n) is 2.81. The number of aryl methyl sites for hydroxylation is 1. The molecule has 0 radical (unpaired) electrons. The van der Waals surface area contributed by atoms with Crippen LogP contribution < -0.4 is 0 Å². The van der Waals surface area contributed by atoms with Gasteiger partial charge in [0.2, 0.25) is 0 Å². The van der Waals surface area contributed by atoms with Crippen LogP contribution in [0.1, 0.15) is 48.7 Å². The number of aromatic carboxylic acids is 1. The lowest BCUT2D eigenvalue weighted by atomic mass is 10.1. The molecular weight excluding hydrogens is 248 g/mol. The highest BCUT2D eigenvalue weighted by molar-refractivity contribution is 5.86. The van der Waals surface area contributed by atoms with Gasteiger partial charge in [0.05, 0.1) is 5.69 Å². The molecule has 0 unspecified atom stereocenters. The van der Waals surface area contributed by atoms with E-state index >= 15 is 0 Å². The number of carboxylic acids is 1. The van der Waals surface area contributed by atoms with Crippen molar-refractivity contribution in [2.24, 2.45) is 0 Å². The van der Waals surface area contributed by atoms with Gasteiger partial charge in [-0.1, -0.05) is 19.1 Å². The maximum absolute atomic E-state index is 11.1. The van der Waals surface area contributed by atoms with Gasteiger partial charge in [0.15, 0.2) is 5.69 Å². The smallest absolute Gasteiger partial charge is 0.358 e. The Balaban J connectivity index is 2.38. The van der Waals surface area contributed by atoms with Gasteiger partial charge in [-0.25, -0.2) is 19.1 Å². The van der Waals surface area contributed by atoms with E-state index in [1.165, 1.54) is 6.33 Å². The molecular formula is C11H16N6O2. The fourth-order valence-electron chi connectivity index (χ4n) is 1.97. The lowest BCUT2D eigenvalue weighted by Crippen LogP contribution is -2.14. The van der Waals surface area contributed by atoms with E-state index < -0.39 is 5.97 Å². The van der Waals surface area contributed by atoms with Crippen molar-refractivity contribution < 1.29 is 9.90 Å². The summed E-state index contributed by atoms with van der Waals surface area (Å²) in [6.45, 7) is 6.85. The summed E-state index contributed by atoms with van der Waals surface area (Å²) in [6, 6.07) is 0. The van der Waals surface area contributed by atoms with Gasteiger partial charge in [-0.2, -0.15) is 5.10 Å². The quantitative estimate of drug-likeness (QED) is 0.856. The minimum Gasteiger partial charge on any atom is -0.476 e. The van der Waals surface area contributed by atoms with Crippen LogP contribution in [-0.2, 0) is 13.1 Å². The van der Waals surface area contributed by atoms with Gasteiger partial charge < -0.3 is 5.11 Å². The first kappa shape index (κ1) is 13.2. The van der Waals surface area contributed by atoms with Crippen LogP contribution in [0.3, 0.4) is 0 Å². The molecule has 0 aliphatic rings. The maximum atomic E-state index is 11.1. The molecule has 2 heterocycles. The van der Waals surface area contributed by atoms with E-state index in [1.807, 2.05) is 20.8 Å². The van der Waals surface area contributed by atoms with Crippen LogP contribution in [0.15, 0.2) is 6.33 Å². The molecule has 0 aliphatic heterocycles. The van der Waals surface area contributed by atoms with Crippen LogP contribution in [0.5, 0.6) is 0 Å². The zero-order chi connectivity index (χ0) is 14.0. The molecule has 0 aliphatic carbocycles. The largest absolute Gasteiger partial charge is 0.476 e. The average molecular weight is 264 g/mol. The number of rotatable bonds is 5. The molecule has 8 nitrogen and oxygen atoms in total. The predicted molar refractivity (Wildman–Crippen MR) is 65.9 cm³/mol. The Morgan fingerprint density at radius 3 is 2.74 bits per heavy atom. The molecule has 0 bridgehead atoms. The van der Waals surface area contributed by atoms with Gasteiger partial charge in [0, 0.05) is 6.54 Å². The first-order valence-electron chi connectivity index (χ1n) is 6.08. The highest BCUT2D eigenvalue weighted by atomic mass is 16.4. The Morgan fingerprint density at radius 1 is 1.42 bits per heavy atom. The average Bonchev–Trinajstić information content (AvgIpc) is 2.95. The molecule has 2 rings (SSSR count). The second kappa shape index (κ2) is 5.17. The van der Waals surface area contributed by atoms with E-state index in [9.17, 15) is 4.79 Å². The summed E-state index contributed by atoms with van der Waals surface area (Å²) < 4.78 is 3.32. The summed E-state index contributed by atoms with van der Waals surface area (Å²) in [7, 11) is 0. The highest BCUT2D eigenvalue weighted by Crippen LogP contribution is 2.18. The second-order valence-electron chi connectivity index (χ2n) is 4.43. The number of carboxylic acid groups (broad SMARTS) is 1. The number of hydrogen-bond acceptors (Lipinski definition) is 5. The SMILES string of the molecule is CCn1ncnc1Cn1nnc(C(=O)O)c1C(C)C. The standard InChI is InChI=1S/C11H16N6O2/c1-4-16-8(12-6-13-16)5-17-10(7(2)3)9(11(18)19)14-15-17/h6-7H,4-5H2,1-3H3,(H,18,19). The molecule has 1 N–H and O–H groups in total. The van der Waals surface area contributed by atoms with Gasteiger partial charge in [-0.15, -0.1) is 5.10 Å². The fraction of sp³-hybridized carbons (Fsp3) is 0.545. The molecule has 2 aromatic rings. The Hall–Kier alpha value is -2.25. The molecule has 0 saturated carbocycles. The second-order valence-corrected chi connectivity index (χ2v) is 4.43. The number of hydrogen-bond donors (Lipinski definition) is 1. The first-order valence-corrected chi connectivity index (χ1v) is 6.08. The molecule has 0 atom stereocenters. The topological polar surface area (TPSA) is 98.7 Å². The Kier molecular flexibility index (Phi) is 3.59. The van der Waals surface area contributed by atoms with Crippen molar-refractivity contribution in [2.45, 2.75) is 39.8 Å². The summed E-state index contributed by atoms with van der Waals surface area (Å²) in [6.07, 6.45) is 1.48. The van der Waals surface area contributed by atoms with E-state index in [-0.39, 0.29) is 11.6 Å². The van der Waals surface area contributed by atoms with Crippen LogP contribution >= 0.6 is 0 Å². The van der Waals surface area contributed by atoms with Crippen LogP contribution in [-0.4, -0.2) is 40.8 Å². The predicted octanol–water partition coefficient (Wildman–Crippen LogP) is 0.759. The maximum Gasteiger partial charge on any atom is 0.358 e. The fourth-order valence-corrected chi connectivity index (χ4v) is 1.97. The number of aromatic nitrogens is 6. The normalized spacial score (nSPS) is 11.2. The van der Waals surface area contributed by atoms with Crippen molar-refractivity contribution >= 4 is 5.97 Å². The van der Waals surface area contributed by atoms with Crippen LogP contribution in [0, 0.1) is 0 Å². The molecule has 19 heavy (non-hydrogen) atoms. The van der Waals surface area contributed by atoms with E-state index in [1.54, 1.807) is 9.36 Å². The van der Waals surface area contributed by atoms with Crippen molar-refractivity contribution in [2.75, 3.05) is 0 Å². The summed E-state index contributed by atoms with van der Waals surface area (Å²) in [5, 5.41) is 20.8. The van der Waals surface area contributed by atoms with Crippen molar-refractivity contribution in [1.29, 1.82) is 0 Å². The van der Waals surface area contributed by atoms with Crippen LogP contribution in [0.25, 0.3) is 0 Å². The Morgan fingerprint density at radius 2 is 2.16 bits per heavy atom. The molecule has 0 saturated heterocycles. The van der Waals surface area contributed by atoms with E-state index in [0.29, 0.717) is 18.8 Å². The molecule has 102 valence electrons. The zero-order valence-corrected chi connectivity index (χ0v) is 11.1. The third-order valence-corrected chi connectivity index (χ3v) is 2.81. The third kappa shape index (κ3) is 2.47. The highest BCUT2D eigenvalue weighted by Gasteiger charge is 2.22. The van der Waals surface area contributed by atoms with Crippen LogP contribution in [0.2, 0.25) is 0 Å². The zero-order valence-electron chi connectivity index (χ0n) is 11.1. The monoisotopic (exact) mass is 264 g/mol. The molecule has 8 heteroatoms. The summed E-state index contributed by atoms with van der Waals surface area (Å²) >= 11 is 0. The van der Waals surface area contributed by atoms with Gasteiger partial charge >= 0.3 is 5.97 Å². The minimum atomic E-state index is -1.06. The van der Waals surface area contributed by atoms with Crippen LogP contribution in [0.4, 0.5) is 0 Å². The van der Waals surface area contributed by atoms with Gasteiger partial charge in [0.1, 0.15) is 18.7 Å². The van der Waals surface area contributed by atoms with E-state index in [2.05, 4.69) is 20.4 Å². The molecule has 0 spiro atoms. The number of nitrogens with zero attached hydrogens (tertiary/aromatic N) is 6. The van der Waals surface area contributed by atoms with Crippen molar-refractivity contribution in [3.8, 4) is 0 Å². The Bertz CT molecular complexity index is 586. The molecule has 0 aromatic carbocycles. The Labute approximate surface area is 110 Å². The minimum absolute atomic E-state index is 0.00226. The summed E-state index contributed by atoms with van der Waals surface area (Å²) in [5.41, 5.74) is 0.593. The first-order chi connectivity index (χ1) is 9.04. The summed E-state index contributed by atoms with van der Waals surface area (Å²) in [4.78, 5) is 15.3. The number of carbonyl (C=O) groups is 1. The van der Waals surface area contributed by atoms with E-state index in [0.717, 1.165) is 5.82 Å². The lowest BCUT2D eigenvalue weighted by Gasteiger charge is -2.09. The van der Waals surface area contributed by atoms with Crippen molar-refractivity contribution in [3.63, 3.8) is 0 Å². The van der Waals surface area contributed by atoms with Crippen molar-refractivity contribution in [1.82, 2.24) is 29.8 Å². The molecule has 0 fully saturated rings. The molecule has 2 aromatic heterocycles.